The van der Waals surface area contributed by atoms with Crippen LogP contribution in [0.25, 0.3) is 0 Å². The van der Waals surface area contributed by atoms with Crippen molar-refractivity contribution in [3.8, 4) is 0 Å². The molecule has 0 spiro atoms. The van der Waals surface area contributed by atoms with Crippen molar-refractivity contribution in [2.24, 2.45) is 0 Å². The molecule has 1 aromatic carbocycles. The fourth-order valence-corrected chi connectivity index (χ4v) is 3.40. The van der Waals surface area contributed by atoms with Gasteiger partial charge in [0.1, 0.15) is 6.54 Å². The average Bonchev–Trinajstić information content (AvgIpc) is 2.52. The summed E-state index contributed by atoms with van der Waals surface area (Å²) in [5, 5.41) is 0. The summed E-state index contributed by atoms with van der Waals surface area (Å²) in [5.41, 5.74) is 0.737. The summed E-state index contributed by atoms with van der Waals surface area (Å²) < 4.78 is 25.3. The summed E-state index contributed by atoms with van der Waals surface area (Å²) in [6.07, 6.45) is 1.06. The number of nitrogens with zero attached hydrogens (tertiary/aromatic N) is 3. The minimum Gasteiger partial charge on any atom is -0.339 e. The summed E-state index contributed by atoms with van der Waals surface area (Å²) in [6, 6.07) is 6.32. The molecule has 0 aromatic heterocycles. The van der Waals surface area contributed by atoms with E-state index in [1.807, 2.05) is 7.05 Å². The third kappa shape index (κ3) is 4.55. The molecule has 0 unspecified atom stereocenters. The maximum Gasteiger partial charge on any atom is 0.243 e. The zero-order valence-corrected chi connectivity index (χ0v) is 15.0. The predicted octanol–water partition coefficient (Wildman–Crippen LogP) is 0.429. The molecule has 2 rings (SSSR count). The molecule has 0 atom stereocenters. The largest absolute Gasteiger partial charge is 0.339 e. The number of Topliss-reactive ketones (excluding diaryl/α,β-unsaturated/α-hetero) is 1. The van der Waals surface area contributed by atoms with E-state index in [2.05, 4.69) is 4.90 Å². The van der Waals surface area contributed by atoms with Crippen molar-refractivity contribution < 1.29 is 18.0 Å². The molecule has 1 aromatic rings. The Bertz CT molecular complexity index is 725. The van der Waals surface area contributed by atoms with E-state index in [0.717, 1.165) is 23.7 Å². The molecular weight excluding hydrogens is 330 g/mol. The molecular formula is C16H23N3O4S. The lowest BCUT2D eigenvalue weighted by Gasteiger charge is -2.34. The van der Waals surface area contributed by atoms with Crippen LogP contribution >= 0.6 is 0 Å². The first-order valence-electron chi connectivity index (χ1n) is 7.73. The van der Waals surface area contributed by atoms with Gasteiger partial charge in [-0.2, -0.15) is 0 Å². The van der Waals surface area contributed by atoms with E-state index in [1.54, 1.807) is 23.1 Å². The zero-order chi connectivity index (χ0) is 17.9. The lowest BCUT2D eigenvalue weighted by Crippen LogP contribution is -2.50. The number of ketones is 1. The summed E-state index contributed by atoms with van der Waals surface area (Å²) in [6.45, 7) is 3.86. The van der Waals surface area contributed by atoms with Crippen molar-refractivity contribution in [3.05, 3.63) is 29.8 Å². The summed E-state index contributed by atoms with van der Waals surface area (Å²) in [4.78, 5) is 27.8. The van der Waals surface area contributed by atoms with Gasteiger partial charge in [-0.15, -0.1) is 0 Å². The van der Waals surface area contributed by atoms with Crippen LogP contribution < -0.4 is 4.31 Å². The number of piperazine rings is 1. The van der Waals surface area contributed by atoms with Crippen molar-refractivity contribution >= 4 is 27.4 Å². The van der Waals surface area contributed by atoms with Crippen LogP contribution in [-0.4, -0.2) is 75.9 Å². The van der Waals surface area contributed by atoms with Crippen LogP contribution in [0.5, 0.6) is 0 Å². The number of carbonyl (C=O) groups is 2. The normalized spacial score (nSPS) is 16.0. The Balaban J connectivity index is 2.22. The van der Waals surface area contributed by atoms with Crippen molar-refractivity contribution in [1.29, 1.82) is 0 Å². The number of sulfonamides is 1. The SMILES string of the molecule is CC(=O)c1cccc(N(CC(=O)N2CCN(C)CC2)S(C)(=O)=O)c1. The number of rotatable bonds is 5. The first-order chi connectivity index (χ1) is 11.2. The van der Waals surface area contributed by atoms with Gasteiger partial charge in [0.15, 0.2) is 5.78 Å². The third-order valence-electron chi connectivity index (χ3n) is 4.08. The van der Waals surface area contributed by atoms with Crippen LogP contribution in [0.15, 0.2) is 24.3 Å². The second kappa shape index (κ2) is 7.31. The molecule has 0 bridgehead atoms. The van der Waals surface area contributed by atoms with Crippen LogP contribution in [0.4, 0.5) is 5.69 Å². The van der Waals surface area contributed by atoms with E-state index in [4.69, 9.17) is 0 Å². The maximum atomic E-state index is 12.5. The molecule has 132 valence electrons. The predicted molar refractivity (Wildman–Crippen MR) is 92.7 cm³/mol. The quantitative estimate of drug-likeness (QED) is 0.718. The molecule has 1 aliphatic rings. The second-order valence-electron chi connectivity index (χ2n) is 6.06. The van der Waals surface area contributed by atoms with E-state index in [9.17, 15) is 18.0 Å². The van der Waals surface area contributed by atoms with Crippen LogP contribution in [0.1, 0.15) is 17.3 Å². The van der Waals surface area contributed by atoms with Gasteiger partial charge in [-0.25, -0.2) is 8.42 Å². The van der Waals surface area contributed by atoms with Gasteiger partial charge in [0.2, 0.25) is 15.9 Å². The number of anilines is 1. The Kier molecular flexibility index (Phi) is 5.61. The number of carbonyl (C=O) groups excluding carboxylic acids is 2. The van der Waals surface area contributed by atoms with E-state index in [1.165, 1.54) is 13.0 Å². The van der Waals surface area contributed by atoms with Crippen LogP contribution in [-0.2, 0) is 14.8 Å². The van der Waals surface area contributed by atoms with Crippen LogP contribution in [0.2, 0.25) is 0 Å². The van der Waals surface area contributed by atoms with Crippen molar-refractivity contribution in [1.82, 2.24) is 9.80 Å². The monoisotopic (exact) mass is 353 g/mol. The number of likely N-dealkylation sites (N-methyl/N-ethyl adjacent to an activating group) is 1. The highest BCUT2D eigenvalue weighted by atomic mass is 32.2. The Labute approximate surface area is 142 Å². The van der Waals surface area contributed by atoms with Gasteiger partial charge in [-0.05, 0) is 26.1 Å². The highest BCUT2D eigenvalue weighted by Crippen LogP contribution is 2.20. The van der Waals surface area contributed by atoms with Gasteiger partial charge < -0.3 is 9.80 Å². The Hall–Kier alpha value is -1.93. The molecule has 0 N–H and O–H groups in total. The smallest absolute Gasteiger partial charge is 0.243 e. The molecule has 0 radical (unpaired) electrons. The Morgan fingerprint density at radius 1 is 1.17 bits per heavy atom. The number of amides is 1. The maximum absolute atomic E-state index is 12.5. The topological polar surface area (TPSA) is 78.0 Å². The summed E-state index contributed by atoms with van der Waals surface area (Å²) in [5.74, 6) is -0.391. The zero-order valence-electron chi connectivity index (χ0n) is 14.2. The lowest BCUT2D eigenvalue weighted by atomic mass is 10.1. The number of hydrogen-bond acceptors (Lipinski definition) is 5. The molecule has 7 nitrogen and oxygen atoms in total. The Morgan fingerprint density at radius 3 is 2.33 bits per heavy atom. The molecule has 1 amide bonds. The van der Waals surface area contributed by atoms with Gasteiger partial charge in [-0.1, -0.05) is 12.1 Å². The fraction of sp³-hybridized carbons (Fsp3) is 0.500. The van der Waals surface area contributed by atoms with Crippen LogP contribution in [0.3, 0.4) is 0 Å². The molecule has 0 saturated carbocycles. The number of benzene rings is 1. The molecule has 1 aliphatic heterocycles. The molecule has 1 heterocycles. The van der Waals surface area contributed by atoms with Gasteiger partial charge in [0, 0.05) is 31.7 Å². The Morgan fingerprint density at radius 2 is 1.79 bits per heavy atom. The van der Waals surface area contributed by atoms with Crippen LogP contribution in [0, 0.1) is 0 Å². The molecule has 24 heavy (non-hydrogen) atoms. The highest BCUT2D eigenvalue weighted by Gasteiger charge is 2.26. The standard InChI is InChI=1S/C16H23N3O4S/c1-13(20)14-5-4-6-15(11-14)19(24(3,22)23)12-16(21)18-9-7-17(2)8-10-18/h4-6,11H,7-10,12H2,1-3H3. The minimum atomic E-state index is -3.64. The first kappa shape index (κ1) is 18.4. The molecule has 0 aliphatic carbocycles. The highest BCUT2D eigenvalue weighted by molar-refractivity contribution is 7.92. The lowest BCUT2D eigenvalue weighted by molar-refractivity contribution is -0.131. The van der Waals surface area contributed by atoms with Crippen molar-refractivity contribution in [3.63, 3.8) is 0 Å². The van der Waals surface area contributed by atoms with E-state index in [0.29, 0.717) is 24.3 Å². The fourth-order valence-electron chi connectivity index (χ4n) is 2.56. The van der Waals surface area contributed by atoms with Crippen molar-refractivity contribution in [2.75, 3.05) is 50.3 Å². The summed E-state index contributed by atoms with van der Waals surface area (Å²) >= 11 is 0. The minimum absolute atomic E-state index is 0.157. The first-order valence-corrected chi connectivity index (χ1v) is 9.58. The van der Waals surface area contributed by atoms with Gasteiger partial charge in [-0.3, -0.25) is 13.9 Å². The molecule has 8 heteroatoms. The summed E-state index contributed by atoms with van der Waals surface area (Å²) in [7, 11) is -1.66. The van der Waals surface area contributed by atoms with E-state index in [-0.39, 0.29) is 18.2 Å². The van der Waals surface area contributed by atoms with Gasteiger partial charge in [0.25, 0.3) is 0 Å². The molecule has 1 saturated heterocycles. The van der Waals surface area contributed by atoms with Crippen molar-refractivity contribution in [2.45, 2.75) is 6.92 Å². The van der Waals surface area contributed by atoms with E-state index >= 15 is 0 Å². The average molecular weight is 353 g/mol. The molecule has 1 fully saturated rings. The second-order valence-corrected chi connectivity index (χ2v) is 7.97. The van der Waals surface area contributed by atoms with Gasteiger partial charge >= 0.3 is 0 Å². The third-order valence-corrected chi connectivity index (χ3v) is 5.22. The van der Waals surface area contributed by atoms with E-state index < -0.39 is 10.0 Å². The van der Waals surface area contributed by atoms with Gasteiger partial charge in [0.05, 0.1) is 11.9 Å². The number of hydrogen-bond donors (Lipinski definition) is 0.